The molecule has 0 aromatic carbocycles. The molecule has 3 nitrogen and oxygen atoms in total. The van der Waals surface area contributed by atoms with E-state index in [1.807, 2.05) is 6.07 Å². The van der Waals surface area contributed by atoms with Gasteiger partial charge in [-0.25, -0.2) is 4.98 Å². The summed E-state index contributed by atoms with van der Waals surface area (Å²) in [6.45, 7) is 0. The Labute approximate surface area is 61.9 Å². The molecule has 0 N–H and O–H groups in total. The maximum Gasteiger partial charge on any atom is 0.126 e. The molecule has 0 aliphatic rings. The Morgan fingerprint density at radius 3 is 3.20 bits per heavy atom. The van der Waals surface area contributed by atoms with Crippen molar-refractivity contribution in [3.63, 3.8) is 0 Å². The van der Waals surface area contributed by atoms with E-state index in [0.717, 1.165) is 6.29 Å². The van der Waals surface area contributed by atoms with Crippen LogP contribution in [0.1, 0.15) is 9.88 Å². The highest BCUT2D eigenvalue weighted by molar-refractivity contribution is 7.12. The molecule has 0 fully saturated rings. The summed E-state index contributed by atoms with van der Waals surface area (Å²) in [6.07, 6.45) is 2.57. The summed E-state index contributed by atoms with van der Waals surface area (Å²) >= 11 is 1.25. The highest BCUT2D eigenvalue weighted by atomic mass is 32.1. The van der Waals surface area contributed by atoms with Crippen molar-refractivity contribution in [1.29, 1.82) is 5.26 Å². The molecule has 1 aromatic heterocycles. The van der Waals surface area contributed by atoms with E-state index in [9.17, 15) is 4.79 Å². The van der Waals surface area contributed by atoms with Gasteiger partial charge in [0.15, 0.2) is 0 Å². The van der Waals surface area contributed by atoms with Crippen LogP contribution >= 0.6 is 11.3 Å². The number of carbonyl (C=O) groups excluding carboxylic acids is 1. The molecule has 1 rings (SSSR count). The number of rotatable bonds is 2. The summed E-state index contributed by atoms with van der Waals surface area (Å²) in [7, 11) is 0. The number of thiazole rings is 1. The zero-order valence-electron chi connectivity index (χ0n) is 5.07. The lowest BCUT2D eigenvalue weighted by Crippen LogP contribution is -1.80. The molecule has 0 amide bonds. The summed E-state index contributed by atoms with van der Waals surface area (Å²) in [6, 6.07) is 1.95. The standard InChI is InChI=1S/C6H4N2OS/c7-3-5-4-8-6(10-5)1-2-9/h2,4H,1H2. The third kappa shape index (κ3) is 1.39. The molecule has 50 valence electrons. The van der Waals surface area contributed by atoms with Gasteiger partial charge >= 0.3 is 0 Å². The summed E-state index contributed by atoms with van der Waals surface area (Å²) in [4.78, 5) is 14.3. The second-order valence-corrected chi connectivity index (χ2v) is 2.72. The minimum absolute atomic E-state index is 0.312. The van der Waals surface area contributed by atoms with Gasteiger partial charge in [-0.2, -0.15) is 5.26 Å². The number of aromatic nitrogens is 1. The van der Waals surface area contributed by atoms with Crippen LogP contribution in [0, 0.1) is 11.3 Å². The molecule has 0 atom stereocenters. The Kier molecular flexibility index (Phi) is 2.13. The van der Waals surface area contributed by atoms with E-state index < -0.39 is 0 Å². The molecule has 0 aliphatic heterocycles. The van der Waals surface area contributed by atoms with Gasteiger partial charge in [0.05, 0.1) is 12.6 Å². The lowest BCUT2D eigenvalue weighted by Gasteiger charge is -1.77. The molecule has 0 aliphatic carbocycles. The molecule has 1 heterocycles. The molecule has 0 saturated heterocycles. The minimum Gasteiger partial charge on any atom is -0.303 e. The monoisotopic (exact) mass is 152 g/mol. The van der Waals surface area contributed by atoms with Crippen molar-refractivity contribution in [3.05, 3.63) is 16.1 Å². The second-order valence-electron chi connectivity index (χ2n) is 1.60. The highest BCUT2D eigenvalue weighted by Gasteiger charge is 1.98. The van der Waals surface area contributed by atoms with Crippen LogP contribution in [0.4, 0.5) is 0 Å². The topological polar surface area (TPSA) is 53.8 Å². The van der Waals surface area contributed by atoms with Crippen molar-refractivity contribution in [2.45, 2.75) is 6.42 Å². The van der Waals surface area contributed by atoms with Crippen LogP contribution in [-0.4, -0.2) is 11.3 Å². The Morgan fingerprint density at radius 2 is 2.70 bits per heavy atom. The van der Waals surface area contributed by atoms with Crippen LogP contribution in [-0.2, 0) is 11.2 Å². The van der Waals surface area contributed by atoms with E-state index in [4.69, 9.17) is 5.26 Å². The molecule has 1 aromatic rings. The highest BCUT2D eigenvalue weighted by Crippen LogP contribution is 2.10. The Balaban J connectivity index is 2.80. The fraction of sp³-hybridized carbons (Fsp3) is 0.167. The van der Waals surface area contributed by atoms with Gasteiger partial charge in [0.2, 0.25) is 0 Å². The van der Waals surface area contributed by atoms with Crippen LogP contribution in [0.3, 0.4) is 0 Å². The summed E-state index contributed by atoms with van der Waals surface area (Å²) in [5.41, 5.74) is 0. The number of carbonyl (C=O) groups is 1. The quantitative estimate of drug-likeness (QED) is 0.588. The zero-order chi connectivity index (χ0) is 7.40. The molecule has 0 radical (unpaired) electrons. The van der Waals surface area contributed by atoms with Crippen LogP contribution in [0.5, 0.6) is 0 Å². The van der Waals surface area contributed by atoms with Gasteiger partial charge in [-0.3, -0.25) is 0 Å². The summed E-state index contributed by atoms with van der Waals surface area (Å²) in [5, 5.41) is 9.05. The lowest BCUT2D eigenvalue weighted by atomic mass is 10.5. The van der Waals surface area contributed by atoms with E-state index >= 15 is 0 Å². The molecule has 0 unspecified atom stereocenters. The van der Waals surface area contributed by atoms with E-state index in [-0.39, 0.29) is 0 Å². The van der Waals surface area contributed by atoms with E-state index in [0.29, 0.717) is 16.3 Å². The first kappa shape index (κ1) is 6.90. The first-order valence-corrected chi connectivity index (χ1v) is 3.47. The van der Waals surface area contributed by atoms with Gasteiger partial charge in [-0.1, -0.05) is 0 Å². The van der Waals surface area contributed by atoms with Crippen LogP contribution in [0.2, 0.25) is 0 Å². The van der Waals surface area contributed by atoms with E-state index in [1.54, 1.807) is 0 Å². The third-order valence-electron chi connectivity index (χ3n) is 0.922. The Morgan fingerprint density at radius 1 is 1.90 bits per heavy atom. The maximum absolute atomic E-state index is 9.96. The van der Waals surface area contributed by atoms with Crippen molar-refractivity contribution < 1.29 is 4.79 Å². The molecular formula is C6H4N2OS. The van der Waals surface area contributed by atoms with Crippen molar-refractivity contribution in [2.24, 2.45) is 0 Å². The first-order chi connectivity index (χ1) is 4.86. The van der Waals surface area contributed by atoms with Crippen LogP contribution < -0.4 is 0 Å². The normalized spacial score (nSPS) is 8.70. The maximum atomic E-state index is 9.96. The van der Waals surface area contributed by atoms with Gasteiger partial charge in [0, 0.05) is 0 Å². The lowest BCUT2D eigenvalue weighted by molar-refractivity contribution is -0.107. The molecule has 0 spiro atoms. The number of aldehydes is 1. The predicted octanol–water partition coefficient (Wildman–Crippen LogP) is 0.756. The number of nitriles is 1. The fourth-order valence-corrected chi connectivity index (χ4v) is 1.19. The average molecular weight is 152 g/mol. The fourth-order valence-electron chi connectivity index (χ4n) is 0.528. The Hall–Kier alpha value is -1.21. The van der Waals surface area contributed by atoms with E-state index in [2.05, 4.69) is 4.98 Å². The van der Waals surface area contributed by atoms with Gasteiger partial charge in [-0.15, -0.1) is 11.3 Å². The van der Waals surface area contributed by atoms with Gasteiger partial charge in [-0.05, 0) is 0 Å². The molecular weight excluding hydrogens is 148 g/mol. The summed E-state index contributed by atoms with van der Waals surface area (Å²) in [5.74, 6) is 0. The number of hydrogen-bond acceptors (Lipinski definition) is 4. The largest absolute Gasteiger partial charge is 0.303 e. The van der Waals surface area contributed by atoms with Gasteiger partial charge < -0.3 is 4.79 Å². The zero-order valence-corrected chi connectivity index (χ0v) is 5.89. The molecule has 0 bridgehead atoms. The summed E-state index contributed by atoms with van der Waals surface area (Å²) < 4.78 is 0. The predicted molar refractivity (Wildman–Crippen MR) is 36.6 cm³/mol. The third-order valence-corrected chi connectivity index (χ3v) is 1.85. The smallest absolute Gasteiger partial charge is 0.126 e. The minimum atomic E-state index is 0.312. The van der Waals surface area contributed by atoms with Gasteiger partial charge in [0.1, 0.15) is 22.2 Å². The van der Waals surface area contributed by atoms with E-state index in [1.165, 1.54) is 17.5 Å². The average Bonchev–Trinajstić information content (AvgIpc) is 2.37. The number of hydrogen-bond donors (Lipinski definition) is 0. The van der Waals surface area contributed by atoms with Crippen LogP contribution in [0.15, 0.2) is 6.20 Å². The second kappa shape index (κ2) is 3.08. The van der Waals surface area contributed by atoms with Crippen LogP contribution in [0.25, 0.3) is 0 Å². The SMILES string of the molecule is N#Cc1cnc(CC=O)s1. The molecule has 0 saturated carbocycles. The molecule has 10 heavy (non-hydrogen) atoms. The van der Waals surface area contributed by atoms with Crippen molar-refractivity contribution in [2.75, 3.05) is 0 Å². The first-order valence-electron chi connectivity index (χ1n) is 2.65. The number of nitrogens with zero attached hydrogens (tertiary/aromatic N) is 2. The van der Waals surface area contributed by atoms with Crippen molar-refractivity contribution in [3.8, 4) is 6.07 Å². The van der Waals surface area contributed by atoms with Gasteiger partial charge in [0.25, 0.3) is 0 Å². The van der Waals surface area contributed by atoms with Crippen molar-refractivity contribution in [1.82, 2.24) is 4.98 Å². The molecule has 4 heteroatoms. The van der Waals surface area contributed by atoms with Crippen molar-refractivity contribution >= 4 is 17.6 Å². The Bertz CT molecular complexity index is 274.